The quantitative estimate of drug-likeness (QED) is 0.247. The minimum atomic E-state index is -5.05. The topological polar surface area (TPSA) is 266 Å². The fourth-order valence-corrected chi connectivity index (χ4v) is 2.49. The van der Waals surface area contributed by atoms with Crippen LogP contribution < -0.4 is 0 Å². The number of rotatable bonds is 4. The maximum atomic E-state index is 9.63. The van der Waals surface area contributed by atoms with E-state index in [2.05, 4.69) is 8.62 Å². The SMILES string of the molecule is C=O.O=P(O)(O)OP(=O)(O)O.O=P(O)(O)OP(=O)(O)O. The van der Waals surface area contributed by atoms with Gasteiger partial charge in [0.25, 0.3) is 0 Å². The molecule has 124 valence electrons. The van der Waals surface area contributed by atoms with Gasteiger partial charge in [0, 0.05) is 0 Å². The Morgan fingerprint density at radius 3 is 0.600 bits per heavy atom. The number of hydrogen-bond donors (Lipinski definition) is 8. The Bertz CT molecular complexity index is 356. The van der Waals surface area contributed by atoms with E-state index in [1.54, 1.807) is 0 Å². The summed E-state index contributed by atoms with van der Waals surface area (Å²) in [4.78, 5) is 70.0. The summed E-state index contributed by atoms with van der Waals surface area (Å²) in [6.07, 6.45) is 0. The Morgan fingerprint density at radius 1 is 0.500 bits per heavy atom. The Hall–Kier alpha value is 0.190. The van der Waals surface area contributed by atoms with Crippen LogP contribution in [-0.2, 0) is 31.7 Å². The molecule has 0 aliphatic heterocycles. The number of carbonyl (C=O) groups is 1. The van der Waals surface area contributed by atoms with Crippen LogP contribution in [0.4, 0.5) is 0 Å². The molecule has 0 aromatic carbocycles. The van der Waals surface area contributed by atoms with Crippen molar-refractivity contribution in [2.75, 3.05) is 0 Å². The van der Waals surface area contributed by atoms with Crippen LogP contribution >= 0.6 is 31.3 Å². The molecule has 19 heteroatoms. The maximum Gasteiger partial charge on any atom is 0.478 e. The molecule has 0 saturated carbocycles. The zero-order valence-electron chi connectivity index (χ0n) is 8.93. The highest BCUT2D eigenvalue weighted by Gasteiger charge is 2.28. The van der Waals surface area contributed by atoms with Crippen LogP contribution in [-0.4, -0.2) is 45.9 Å². The van der Waals surface area contributed by atoms with E-state index >= 15 is 0 Å². The second kappa shape index (κ2) is 9.26. The van der Waals surface area contributed by atoms with Crippen molar-refractivity contribution in [1.82, 2.24) is 0 Å². The molecule has 0 radical (unpaired) electrons. The molecule has 20 heavy (non-hydrogen) atoms. The van der Waals surface area contributed by atoms with Crippen molar-refractivity contribution in [2.45, 2.75) is 0 Å². The van der Waals surface area contributed by atoms with Crippen molar-refractivity contribution >= 4 is 38.1 Å². The molecule has 0 atom stereocenters. The van der Waals surface area contributed by atoms with Gasteiger partial charge < -0.3 is 43.9 Å². The third kappa shape index (κ3) is 36.2. The first kappa shape index (κ1) is 25.2. The van der Waals surface area contributed by atoms with E-state index in [0.29, 0.717) is 0 Å². The lowest BCUT2D eigenvalue weighted by atomic mass is 11.9. The molecule has 0 aliphatic rings. The second-order valence-electron chi connectivity index (χ2n) is 2.13. The summed E-state index contributed by atoms with van der Waals surface area (Å²) in [5.41, 5.74) is 0. The van der Waals surface area contributed by atoms with E-state index in [0.717, 1.165) is 0 Å². The minimum Gasteiger partial charge on any atom is -0.307 e. The van der Waals surface area contributed by atoms with Crippen LogP contribution in [0, 0.1) is 0 Å². The molecule has 0 aliphatic carbocycles. The van der Waals surface area contributed by atoms with Crippen molar-refractivity contribution < 1.29 is 70.8 Å². The molecule has 0 unspecified atom stereocenters. The number of carbonyl (C=O) groups excluding carboxylic acids is 1. The summed E-state index contributed by atoms with van der Waals surface area (Å²) in [6.45, 7) is 2.00. The van der Waals surface area contributed by atoms with Crippen molar-refractivity contribution in [1.29, 1.82) is 0 Å². The molecule has 0 amide bonds. The van der Waals surface area contributed by atoms with Crippen molar-refractivity contribution in [3.63, 3.8) is 0 Å². The number of hydrogen-bond acceptors (Lipinski definition) is 7. The van der Waals surface area contributed by atoms with Gasteiger partial charge in [-0.15, -0.1) is 0 Å². The molecule has 0 aromatic heterocycles. The largest absolute Gasteiger partial charge is 0.478 e. The molecule has 0 aromatic rings. The van der Waals surface area contributed by atoms with Gasteiger partial charge in [-0.05, 0) is 0 Å². The van der Waals surface area contributed by atoms with Gasteiger partial charge in [-0.2, -0.15) is 8.62 Å². The monoisotopic (exact) mass is 386 g/mol. The summed E-state index contributed by atoms with van der Waals surface area (Å²) in [5.74, 6) is 0. The highest BCUT2D eigenvalue weighted by molar-refractivity contribution is 7.60. The molecule has 0 saturated heterocycles. The predicted molar refractivity (Wildman–Crippen MR) is 57.5 cm³/mol. The van der Waals surface area contributed by atoms with Crippen LogP contribution in [0.1, 0.15) is 0 Å². The Balaban J connectivity index is -0.000000257. The van der Waals surface area contributed by atoms with Crippen LogP contribution in [0.5, 0.6) is 0 Å². The Labute approximate surface area is 110 Å². The zero-order valence-corrected chi connectivity index (χ0v) is 12.5. The average molecular weight is 386 g/mol. The van der Waals surface area contributed by atoms with Gasteiger partial charge in [-0.25, -0.2) is 18.3 Å². The fourth-order valence-electron chi connectivity index (χ4n) is 0.277. The minimum absolute atomic E-state index is 2.00. The van der Waals surface area contributed by atoms with Crippen LogP contribution in [0.25, 0.3) is 0 Å². The van der Waals surface area contributed by atoms with Gasteiger partial charge in [0.15, 0.2) is 0 Å². The van der Waals surface area contributed by atoms with Crippen LogP contribution in [0.2, 0.25) is 0 Å². The molecule has 0 rings (SSSR count). The molecule has 0 fully saturated rings. The lowest BCUT2D eigenvalue weighted by molar-refractivity contribution is -0.0980. The average Bonchev–Trinajstić information content (AvgIpc) is 1.93. The fraction of sp³-hybridized carbons (Fsp3) is 0. The number of phosphoric acid groups is 4. The smallest absolute Gasteiger partial charge is 0.307 e. The van der Waals surface area contributed by atoms with E-state index < -0.39 is 31.3 Å². The molecular formula is CH10O15P4. The molecule has 0 bridgehead atoms. The van der Waals surface area contributed by atoms with Crippen LogP contribution in [0.3, 0.4) is 0 Å². The van der Waals surface area contributed by atoms with Gasteiger partial charge in [0.1, 0.15) is 6.79 Å². The molecule has 0 heterocycles. The summed E-state index contributed by atoms with van der Waals surface area (Å²) >= 11 is 0. The third-order valence-electron chi connectivity index (χ3n) is 0.425. The van der Waals surface area contributed by atoms with E-state index in [1.807, 2.05) is 6.79 Å². The molecular weight excluding hydrogens is 376 g/mol. The van der Waals surface area contributed by atoms with Gasteiger partial charge in [0.05, 0.1) is 0 Å². The van der Waals surface area contributed by atoms with Gasteiger partial charge >= 0.3 is 31.3 Å². The zero-order chi connectivity index (χ0) is 17.4. The first-order chi connectivity index (χ1) is 8.41. The van der Waals surface area contributed by atoms with Gasteiger partial charge in [-0.3, -0.25) is 0 Å². The molecule has 8 N–H and O–H groups in total. The maximum absolute atomic E-state index is 9.63. The van der Waals surface area contributed by atoms with E-state index in [-0.39, 0.29) is 0 Å². The molecule has 0 spiro atoms. The van der Waals surface area contributed by atoms with E-state index in [1.165, 1.54) is 0 Å². The Morgan fingerprint density at radius 2 is 0.600 bits per heavy atom. The standard InChI is InChI=1S/CH2O.2H4O7P2/c1-2;2*1-8(2,3)7-9(4,5)6/h1H2;2*(H2,1,2,3)(H2,4,5,6). The predicted octanol–water partition coefficient (Wildman–Crippen LogP) is -1.81. The van der Waals surface area contributed by atoms with Gasteiger partial charge in [0.2, 0.25) is 0 Å². The third-order valence-corrected chi connectivity index (χ3v) is 3.83. The van der Waals surface area contributed by atoms with Crippen molar-refractivity contribution in [3.05, 3.63) is 0 Å². The first-order valence-corrected chi connectivity index (χ1v) is 9.47. The summed E-state index contributed by atoms with van der Waals surface area (Å²) in [6, 6.07) is 0. The Kier molecular flexibility index (Phi) is 11.6. The molecule has 15 nitrogen and oxygen atoms in total. The normalized spacial score (nSPS) is 12.6. The summed E-state index contributed by atoms with van der Waals surface area (Å²) in [5, 5.41) is 0. The first-order valence-electron chi connectivity index (χ1n) is 3.35. The lowest BCUT2D eigenvalue weighted by Crippen LogP contribution is -1.84. The lowest BCUT2D eigenvalue weighted by Gasteiger charge is -2.03. The van der Waals surface area contributed by atoms with E-state index in [4.69, 9.17) is 43.9 Å². The highest BCUT2D eigenvalue weighted by Crippen LogP contribution is 2.54. The summed E-state index contributed by atoms with van der Waals surface area (Å²) in [7, 11) is -20.2. The second-order valence-corrected chi connectivity index (χ2v) is 7.36. The van der Waals surface area contributed by atoms with E-state index in [9.17, 15) is 18.3 Å². The van der Waals surface area contributed by atoms with Gasteiger partial charge in [-0.1, -0.05) is 0 Å². The van der Waals surface area contributed by atoms with Crippen molar-refractivity contribution in [3.8, 4) is 0 Å². The summed E-state index contributed by atoms with van der Waals surface area (Å²) < 4.78 is 44.4. The van der Waals surface area contributed by atoms with Crippen LogP contribution in [0.15, 0.2) is 0 Å². The highest BCUT2D eigenvalue weighted by atomic mass is 31.3. The van der Waals surface area contributed by atoms with Crippen molar-refractivity contribution in [2.24, 2.45) is 0 Å².